The van der Waals surface area contributed by atoms with Crippen LogP contribution in [0.25, 0.3) is 20.2 Å². The number of hydrogen-bond acceptors (Lipinski definition) is 1. The van der Waals surface area contributed by atoms with Crippen molar-refractivity contribution in [2.45, 2.75) is 38.1 Å². The summed E-state index contributed by atoms with van der Waals surface area (Å²) < 4.78 is 5.34. The van der Waals surface area contributed by atoms with Crippen LogP contribution in [-0.4, -0.2) is 4.57 Å². The Labute approximate surface area is 111 Å². The molecule has 1 aliphatic carbocycles. The molecule has 0 saturated heterocycles. The molecule has 0 N–H and O–H groups in total. The second kappa shape index (κ2) is 4.13. The van der Waals surface area contributed by atoms with Crippen LogP contribution in [-0.2, 0) is 0 Å². The molecule has 0 amide bonds. The molecule has 1 aromatic carbocycles. The first kappa shape index (κ1) is 10.6. The summed E-state index contributed by atoms with van der Waals surface area (Å²) in [4.78, 5) is 0. The van der Waals surface area contributed by atoms with Gasteiger partial charge in [-0.1, -0.05) is 37.5 Å². The van der Waals surface area contributed by atoms with E-state index >= 15 is 0 Å². The molecule has 0 atom stereocenters. The third-order valence-electron chi connectivity index (χ3n) is 4.20. The summed E-state index contributed by atoms with van der Waals surface area (Å²) in [6.07, 6.45) is 11.7. The SMILES string of the molecule is c1ccc2c(c1)sc1cn(C3CCCCC3)cc12. The number of hydrogen-bond donors (Lipinski definition) is 0. The molecule has 1 aliphatic rings. The van der Waals surface area contributed by atoms with E-state index in [1.54, 1.807) is 0 Å². The van der Waals surface area contributed by atoms with Crippen LogP contribution in [0.15, 0.2) is 36.7 Å². The lowest BCUT2D eigenvalue weighted by Gasteiger charge is -2.23. The predicted molar refractivity (Wildman–Crippen MR) is 79.4 cm³/mol. The van der Waals surface area contributed by atoms with Gasteiger partial charge in [0, 0.05) is 33.9 Å². The van der Waals surface area contributed by atoms with E-state index in [4.69, 9.17) is 0 Å². The van der Waals surface area contributed by atoms with Gasteiger partial charge in [0.1, 0.15) is 0 Å². The Morgan fingerprint density at radius 1 is 0.889 bits per heavy atom. The highest BCUT2D eigenvalue weighted by molar-refractivity contribution is 7.25. The summed E-state index contributed by atoms with van der Waals surface area (Å²) in [6, 6.07) is 9.50. The van der Waals surface area contributed by atoms with Gasteiger partial charge in [0.05, 0.1) is 4.70 Å². The number of fused-ring (bicyclic) bond motifs is 3. The van der Waals surface area contributed by atoms with Crippen molar-refractivity contribution in [3.63, 3.8) is 0 Å². The van der Waals surface area contributed by atoms with Gasteiger partial charge >= 0.3 is 0 Å². The van der Waals surface area contributed by atoms with Crippen molar-refractivity contribution in [1.29, 1.82) is 0 Å². The molecule has 2 heterocycles. The Balaban J connectivity index is 1.83. The summed E-state index contributed by atoms with van der Waals surface area (Å²) >= 11 is 1.93. The first-order valence-electron chi connectivity index (χ1n) is 6.90. The Hall–Kier alpha value is -1.28. The minimum absolute atomic E-state index is 0.747. The minimum Gasteiger partial charge on any atom is -0.349 e. The van der Waals surface area contributed by atoms with Crippen molar-refractivity contribution in [1.82, 2.24) is 4.57 Å². The molecule has 0 spiro atoms. The molecule has 1 saturated carbocycles. The van der Waals surface area contributed by atoms with Gasteiger partial charge in [-0.05, 0) is 18.9 Å². The van der Waals surface area contributed by atoms with E-state index in [2.05, 4.69) is 41.2 Å². The second-order valence-corrected chi connectivity index (χ2v) is 6.46. The minimum atomic E-state index is 0.747. The van der Waals surface area contributed by atoms with Gasteiger partial charge in [0.15, 0.2) is 0 Å². The summed E-state index contributed by atoms with van der Waals surface area (Å²) in [5.41, 5.74) is 0. The Kier molecular flexibility index (Phi) is 2.44. The van der Waals surface area contributed by atoms with Crippen molar-refractivity contribution in [3.05, 3.63) is 36.7 Å². The fraction of sp³-hybridized carbons (Fsp3) is 0.375. The van der Waals surface area contributed by atoms with Crippen molar-refractivity contribution in [2.24, 2.45) is 0 Å². The zero-order chi connectivity index (χ0) is 11.9. The largest absolute Gasteiger partial charge is 0.349 e. The van der Waals surface area contributed by atoms with Crippen LogP contribution >= 0.6 is 11.3 Å². The van der Waals surface area contributed by atoms with Crippen LogP contribution in [0, 0.1) is 0 Å². The zero-order valence-corrected chi connectivity index (χ0v) is 11.2. The Morgan fingerprint density at radius 2 is 1.72 bits per heavy atom. The fourth-order valence-corrected chi connectivity index (χ4v) is 4.34. The molecule has 0 radical (unpaired) electrons. The third kappa shape index (κ3) is 1.59. The van der Waals surface area contributed by atoms with Gasteiger partial charge in [0.2, 0.25) is 0 Å². The van der Waals surface area contributed by atoms with E-state index in [0.717, 1.165) is 6.04 Å². The fourth-order valence-electron chi connectivity index (χ4n) is 3.23. The molecule has 0 aliphatic heterocycles. The molecule has 0 unspecified atom stereocenters. The maximum absolute atomic E-state index is 2.48. The summed E-state index contributed by atoms with van der Waals surface area (Å²) in [5.74, 6) is 0. The molecule has 3 aromatic rings. The molecule has 4 rings (SSSR count). The number of benzene rings is 1. The monoisotopic (exact) mass is 255 g/mol. The lowest BCUT2D eigenvalue weighted by Crippen LogP contribution is -2.10. The van der Waals surface area contributed by atoms with Gasteiger partial charge in [-0.2, -0.15) is 0 Å². The quantitative estimate of drug-likeness (QED) is 0.551. The topological polar surface area (TPSA) is 4.93 Å². The van der Waals surface area contributed by atoms with Gasteiger partial charge < -0.3 is 4.57 Å². The van der Waals surface area contributed by atoms with E-state index in [1.807, 2.05) is 11.3 Å². The van der Waals surface area contributed by atoms with Crippen LogP contribution in [0.4, 0.5) is 0 Å². The third-order valence-corrected chi connectivity index (χ3v) is 5.32. The Morgan fingerprint density at radius 3 is 2.61 bits per heavy atom. The van der Waals surface area contributed by atoms with Gasteiger partial charge in [-0.15, -0.1) is 11.3 Å². The lowest BCUT2D eigenvalue weighted by atomic mass is 9.95. The van der Waals surface area contributed by atoms with Crippen molar-refractivity contribution in [2.75, 3.05) is 0 Å². The molecule has 2 heteroatoms. The predicted octanol–water partition coefficient (Wildman–Crippen LogP) is 5.36. The van der Waals surface area contributed by atoms with Crippen LogP contribution < -0.4 is 0 Å². The average Bonchev–Trinajstić information content (AvgIpc) is 2.97. The van der Waals surface area contributed by atoms with E-state index in [0.29, 0.717) is 0 Å². The normalized spacial score (nSPS) is 17.8. The molecule has 0 bridgehead atoms. The second-order valence-electron chi connectivity index (χ2n) is 5.37. The van der Waals surface area contributed by atoms with Crippen molar-refractivity contribution in [3.8, 4) is 0 Å². The maximum atomic E-state index is 2.48. The lowest BCUT2D eigenvalue weighted by molar-refractivity contribution is 0.355. The summed E-state index contributed by atoms with van der Waals surface area (Å²) in [7, 11) is 0. The molecule has 1 nitrogen and oxygen atoms in total. The molecule has 18 heavy (non-hydrogen) atoms. The smallest absolute Gasteiger partial charge is 0.0532 e. The molecule has 92 valence electrons. The number of rotatable bonds is 1. The van der Waals surface area contributed by atoms with Gasteiger partial charge in [0.25, 0.3) is 0 Å². The van der Waals surface area contributed by atoms with Crippen LogP contribution in [0.5, 0.6) is 0 Å². The average molecular weight is 255 g/mol. The Bertz CT molecular complexity index is 685. The van der Waals surface area contributed by atoms with Crippen molar-refractivity contribution < 1.29 is 0 Å². The number of aromatic nitrogens is 1. The maximum Gasteiger partial charge on any atom is 0.0532 e. The molecular formula is C16H17NS. The van der Waals surface area contributed by atoms with E-state index in [1.165, 1.54) is 52.3 Å². The van der Waals surface area contributed by atoms with E-state index < -0.39 is 0 Å². The van der Waals surface area contributed by atoms with E-state index in [-0.39, 0.29) is 0 Å². The number of thiophene rings is 1. The highest BCUT2D eigenvalue weighted by Gasteiger charge is 2.16. The van der Waals surface area contributed by atoms with Crippen LogP contribution in [0.3, 0.4) is 0 Å². The standard InChI is InChI=1S/C16H17NS/c1-2-6-12(7-3-1)17-10-14-13-8-4-5-9-15(13)18-16(14)11-17/h4-5,8-12H,1-3,6-7H2. The van der Waals surface area contributed by atoms with Gasteiger partial charge in [-0.3, -0.25) is 0 Å². The summed E-state index contributed by atoms with van der Waals surface area (Å²) in [5, 5.41) is 2.87. The highest BCUT2D eigenvalue weighted by Crippen LogP contribution is 2.37. The number of nitrogens with zero attached hydrogens (tertiary/aromatic N) is 1. The van der Waals surface area contributed by atoms with Gasteiger partial charge in [-0.25, -0.2) is 0 Å². The molecular weight excluding hydrogens is 238 g/mol. The first-order chi connectivity index (χ1) is 8.92. The highest BCUT2D eigenvalue weighted by atomic mass is 32.1. The van der Waals surface area contributed by atoms with Crippen molar-refractivity contribution >= 4 is 31.5 Å². The summed E-state index contributed by atoms with van der Waals surface area (Å²) in [6.45, 7) is 0. The zero-order valence-electron chi connectivity index (χ0n) is 10.4. The van der Waals surface area contributed by atoms with E-state index in [9.17, 15) is 0 Å². The molecule has 2 aromatic heterocycles. The van der Waals surface area contributed by atoms with Crippen LogP contribution in [0.1, 0.15) is 38.1 Å². The molecule has 1 fully saturated rings. The van der Waals surface area contributed by atoms with Crippen LogP contribution in [0.2, 0.25) is 0 Å². The first-order valence-corrected chi connectivity index (χ1v) is 7.72.